The number of amides is 2. The Bertz CT molecular complexity index is 1010. The fourth-order valence-corrected chi connectivity index (χ4v) is 2.75. The lowest BCUT2D eigenvalue weighted by Crippen LogP contribution is -2.43. The molecule has 3 rings (SSSR count). The zero-order chi connectivity index (χ0) is 19.6. The van der Waals surface area contributed by atoms with Gasteiger partial charge in [-0.25, -0.2) is 9.67 Å². The van der Waals surface area contributed by atoms with Crippen LogP contribution in [0.5, 0.6) is 5.88 Å². The smallest absolute Gasteiger partial charge is 0.276 e. The number of halogens is 1. The van der Waals surface area contributed by atoms with E-state index in [0.29, 0.717) is 22.1 Å². The molecule has 0 unspecified atom stereocenters. The van der Waals surface area contributed by atoms with Gasteiger partial charge in [0.15, 0.2) is 12.3 Å². The largest absolute Gasteiger partial charge is 0.466 e. The summed E-state index contributed by atoms with van der Waals surface area (Å²) in [5.74, 6) is -0.663. The van der Waals surface area contributed by atoms with Gasteiger partial charge in [-0.15, -0.1) is 5.10 Å². The Kier molecular flexibility index (Phi) is 5.27. The van der Waals surface area contributed by atoms with E-state index in [1.807, 2.05) is 19.9 Å². The summed E-state index contributed by atoms with van der Waals surface area (Å²) < 4.78 is 7.13. The summed E-state index contributed by atoms with van der Waals surface area (Å²) >= 11 is 5.78. The second-order valence-electron chi connectivity index (χ2n) is 6.01. The highest BCUT2D eigenvalue weighted by Crippen LogP contribution is 2.26. The lowest BCUT2D eigenvalue weighted by Gasteiger charge is -2.08. The van der Waals surface area contributed by atoms with Gasteiger partial charge in [0.1, 0.15) is 0 Å². The fourth-order valence-electron chi connectivity index (χ4n) is 2.62. The van der Waals surface area contributed by atoms with Crippen molar-refractivity contribution in [1.82, 2.24) is 25.6 Å². The van der Waals surface area contributed by atoms with Gasteiger partial charge in [-0.05, 0) is 49.7 Å². The van der Waals surface area contributed by atoms with Gasteiger partial charge in [0, 0.05) is 23.3 Å². The van der Waals surface area contributed by atoms with Crippen LogP contribution in [0.25, 0.3) is 11.0 Å². The van der Waals surface area contributed by atoms with E-state index >= 15 is 0 Å². The Hall–Kier alpha value is -3.13. The third-order valence-electron chi connectivity index (χ3n) is 3.85. The van der Waals surface area contributed by atoms with E-state index in [2.05, 4.69) is 20.9 Å². The van der Waals surface area contributed by atoms with E-state index in [1.54, 1.807) is 36.0 Å². The Balaban J connectivity index is 1.60. The van der Waals surface area contributed by atoms with Crippen molar-refractivity contribution in [2.75, 3.05) is 6.61 Å². The molecule has 9 heteroatoms. The molecule has 2 heterocycles. The van der Waals surface area contributed by atoms with Crippen molar-refractivity contribution in [3.63, 3.8) is 0 Å². The van der Waals surface area contributed by atoms with Crippen LogP contribution in [0.15, 0.2) is 30.3 Å². The molecular weight excluding hydrogens is 370 g/mol. The van der Waals surface area contributed by atoms with Crippen molar-refractivity contribution in [2.24, 2.45) is 7.05 Å². The summed E-state index contributed by atoms with van der Waals surface area (Å²) in [4.78, 5) is 28.4. The maximum Gasteiger partial charge on any atom is 0.276 e. The second-order valence-corrected chi connectivity index (χ2v) is 6.44. The van der Waals surface area contributed by atoms with Crippen LogP contribution in [-0.2, 0) is 11.8 Å². The average Bonchev–Trinajstić information content (AvgIpc) is 2.94. The van der Waals surface area contributed by atoms with Crippen molar-refractivity contribution in [1.29, 1.82) is 0 Å². The van der Waals surface area contributed by atoms with Crippen LogP contribution >= 0.6 is 11.6 Å². The number of pyridine rings is 1. The zero-order valence-electron chi connectivity index (χ0n) is 15.0. The number of carbonyl (C=O) groups is 2. The molecule has 0 saturated carbocycles. The normalized spacial score (nSPS) is 10.7. The third kappa shape index (κ3) is 4.17. The summed E-state index contributed by atoms with van der Waals surface area (Å²) in [6.45, 7) is 3.52. The number of rotatable bonds is 4. The highest BCUT2D eigenvalue weighted by Gasteiger charge is 2.16. The van der Waals surface area contributed by atoms with Crippen LogP contribution < -0.4 is 15.6 Å². The van der Waals surface area contributed by atoms with Crippen LogP contribution in [0.4, 0.5) is 0 Å². The minimum absolute atomic E-state index is 0.305. The Morgan fingerprint density at radius 2 is 1.89 bits per heavy atom. The Morgan fingerprint density at radius 3 is 2.59 bits per heavy atom. The molecule has 8 nitrogen and oxygen atoms in total. The second kappa shape index (κ2) is 7.63. The van der Waals surface area contributed by atoms with E-state index in [9.17, 15) is 9.59 Å². The Morgan fingerprint density at radius 1 is 1.19 bits per heavy atom. The SMILES string of the molecule is Cc1cc(C)c2c(OCC(=O)NNC(=O)c3ccc(Cl)cc3)nn(C)c2n1. The van der Waals surface area contributed by atoms with Crippen molar-refractivity contribution in [2.45, 2.75) is 13.8 Å². The molecule has 0 radical (unpaired) electrons. The highest BCUT2D eigenvalue weighted by atomic mass is 35.5. The number of ether oxygens (including phenoxy) is 1. The van der Waals surface area contributed by atoms with Gasteiger partial charge in [-0.1, -0.05) is 11.6 Å². The first kappa shape index (κ1) is 18.7. The maximum atomic E-state index is 12.0. The maximum absolute atomic E-state index is 12.0. The van der Waals surface area contributed by atoms with Crippen molar-refractivity contribution >= 4 is 34.4 Å². The van der Waals surface area contributed by atoms with E-state index in [1.165, 1.54) is 0 Å². The molecule has 0 atom stereocenters. The first-order valence-corrected chi connectivity index (χ1v) is 8.51. The van der Waals surface area contributed by atoms with Crippen LogP contribution in [-0.4, -0.2) is 33.2 Å². The highest BCUT2D eigenvalue weighted by molar-refractivity contribution is 6.30. The Labute approximate surface area is 160 Å². The number of fused-ring (bicyclic) bond motifs is 1. The summed E-state index contributed by atoms with van der Waals surface area (Å²) in [7, 11) is 1.76. The molecule has 27 heavy (non-hydrogen) atoms. The minimum Gasteiger partial charge on any atom is -0.466 e. The van der Waals surface area contributed by atoms with Gasteiger partial charge in [-0.2, -0.15) is 0 Å². The number of hydrogen-bond donors (Lipinski definition) is 2. The van der Waals surface area contributed by atoms with Gasteiger partial charge >= 0.3 is 0 Å². The molecule has 140 valence electrons. The lowest BCUT2D eigenvalue weighted by molar-refractivity contribution is -0.123. The number of carbonyl (C=O) groups excluding carboxylic acids is 2. The summed E-state index contributed by atoms with van der Waals surface area (Å²) in [6, 6.07) is 8.21. The molecule has 2 aromatic heterocycles. The molecule has 0 aliphatic carbocycles. The quantitative estimate of drug-likeness (QED) is 0.668. The molecule has 0 aliphatic rings. The molecule has 0 saturated heterocycles. The predicted octanol–water partition coefficient (Wildman–Crippen LogP) is 2.08. The van der Waals surface area contributed by atoms with Crippen molar-refractivity contribution < 1.29 is 14.3 Å². The zero-order valence-corrected chi connectivity index (χ0v) is 15.8. The van der Waals surface area contributed by atoms with Gasteiger partial charge in [0.05, 0.1) is 5.39 Å². The third-order valence-corrected chi connectivity index (χ3v) is 4.10. The summed E-state index contributed by atoms with van der Waals surface area (Å²) in [6.07, 6.45) is 0. The minimum atomic E-state index is -0.520. The number of nitrogens with zero attached hydrogens (tertiary/aromatic N) is 3. The van der Waals surface area contributed by atoms with E-state index in [4.69, 9.17) is 16.3 Å². The van der Waals surface area contributed by atoms with Gasteiger partial charge < -0.3 is 4.74 Å². The molecular formula is C18H18ClN5O3. The van der Waals surface area contributed by atoms with E-state index in [-0.39, 0.29) is 6.61 Å². The topological polar surface area (TPSA) is 98.1 Å². The standard InChI is InChI=1S/C18H18ClN5O3/c1-10-8-11(2)20-16-15(10)18(23-24(16)3)27-9-14(25)21-22-17(26)12-4-6-13(19)7-5-12/h4-8H,9H2,1-3H3,(H,21,25)(H,22,26). The van der Waals surface area contributed by atoms with Crippen LogP contribution in [0.1, 0.15) is 21.6 Å². The van der Waals surface area contributed by atoms with Gasteiger partial charge in [0.25, 0.3) is 11.8 Å². The van der Waals surface area contributed by atoms with Crippen molar-refractivity contribution in [3.8, 4) is 5.88 Å². The van der Waals surface area contributed by atoms with E-state index < -0.39 is 11.8 Å². The van der Waals surface area contributed by atoms with Gasteiger partial charge in [-0.3, -0.25) is 20.4 Å². The number of nitrogens with one attached hydrogen (secondary N) is 2. The number of benzene rings is 1. The average molecular weight is 388 g/mol. The number of aryl methyl sites for hydroxylation is 3. The number of aromatic nitrogens is 3. The van der Waals surface area contributed by atoms with Crippen LogP contribution in [0.2, 0.25) is 5.02 Å². The number of hydrazine groups is 1. The lowest BCUT2D eigenvalue weighted by atomic mass is 10.2. The van der Waals surface area contributed by atoms with Crippen molar-refractivity contribution in [3.05, 3.63) is 52.2 Å². The number of hydrogen-bond acceptors (Lipinski definition) is 5. The first-order chi connectivity index (χ1) is 12.8. The molecule has 1 aromatic carbocycles. The molecule has 0 spiro atoms. The molecule has 2 N–H and O–H groups in total. The molecule has 0 bridgehead atoms. The van der Waals surface area contributed by atoms with Gasteiger partial charge in [0.2, 0.25) is 5.88 Å². The predicted molar refractivity (Wildman–Crippen MR) is 101 cm³/mol. The van der Waals surface area contributed by atoms with E-state index in [0.717, 1.165) is 16.6 Å². The fraction of sp³-hybridized carbons (Fsp3) is 0.222. The summed E-state index contributed by atoms with van der Waals surface area (Å²) in [5, 5.41) is 5.54. The summed E-state index contributed by atoms with van der Waals surface area (Å²) in [5.41, 5.74) is 7.49. The molecule has 0 aliphatic heterocycles. The monoisotopic (exact) mass is 387 g/mol. The molecule has 0 fully saturated rings. The van der Waals surface area contributed by atoms with Crippen LogP contribution in [0.3, 0.4) is 0 Å². The molecule has 3 aromatic rings. The van der Waals surface area contributed by atoms with Crippen LogP contribution in [0, 0.1) is 13.8 Å². The first-order valence-electron chi connectivity index (χ1n) is 8.13. The molecule has 2 amide bonds.